The van der Waals surface area contributed by atoms with E-state index in [9.17, 15) is 4.39 Å². The third-order valence-corrected chi connectivity index (χ3v) is 4.14. The first-order chi connectivity index (χ1) is 8.66. The summed E-state index contributed by atoms with van der Waals surface area (Å²) in [4.78, 5) is 4.72. The van der Waals surface area contributed by atoms with Gasteiger partial charge < -0.3 is 4.57 Å². The van der Waals surface area contributed by atoms with Crippen LogP contribution in [-0.2, 0) is 6.54 Å². The Hall–Kier alpha value is -1.29. The number of halogens is 1. The molecule has 0 bridgehead atoms. The fourth-order valence-corrected chi connectivity index (χ4v) is 3.36. The second-order valence-corrected chi connectivity index (χ2v) is 5.85. The molecule has 3 rings (SSSR count). The number of fused-ring (bicyclic) bond motifs is 1. The zero-order valence-electron chi connectivity index (χ0n) is 10.5. The second-order valence-electron chi connectivity index (χ2n) is 4.79. The van der Waals surface area contributed by atoms with Crippen molar-refractivity contribution in [2.45, 2.75) is 31.5 Å². The summed E-state index contributed by atoms with van der Waals surface area (Å²) in [5.74, 6) is 1.32. The van der Waals surface area contributed by atoms with Crippen LogP contribution in [0.5, 0.6) is 0 Å². The van der Waals surface area contributed by atoms with Crippen molar-refractivity contribution in [2.24, 2.45) is 0 Å². The molecule has 0 amide bonds. The Morgan fingerprint density at radius 1 is 1.28 bits per heavy atom. The molecule has 0 aliphatic carbocycles. The van der Waals surface area contributed by atoms with Crippen molar-refractivity contribution in [1.82, 2.24) is 9.55 Å². The number of benzene rings is 1. The summed E-state index contributed by atoms with van der Waals surface area (Å²) in [5, 5.41) is 1.10. The first-order valence-electron chi connectivity index (χ1n) is 6.16. The lowest BCUT2D eigenvalue weighted by atomic mass is 10.0. The van der Waals surface area contributed by atoms with E-state index in [1.54, 1.807) is 11.8 Å². The largest absolute Gasteiger partial charge is 0.321 e. The highest BCUT2D eigenvalue weighted by atomic mass is 32.2. The molecule has 0 atom stereocenters. The lowest BCUT2D eigenvalue weighted by Gasteiger charge is -2.11. The Morgan fingerprint density at radius 3 is 2.67 bits per heavy atom. The first kappa shape index (κ1) is 11.8. The maximum Gasteiger partial charge on any atom is 0.168 e. The van der Waals surface area contributed by atoms with E-state index in [0.717, 1.165) is 28.7 Å². The highest BCUT2D eigenvalue weighted by Crippen LogP contribution is 2.36. The van der Waals surface area contributed by atoms with Crippen LogP contribution in [0.2, 0.25) is 0 Å². The predicted molar refractivity (Wildman–Crippen MR) is 72.4 cm³/mol. The van der Waals surface area contributed by atoms with Crippen molar-refractivity contribution in [1.29, 1.82) is 0 Å². The molecule has 1 aromatic carbocycles. The minimum atomic E-state index is -0.203. The molecule has 0 saturated heterocycles. The van der Waals surface area contributed by atoms with Gasteiger partial charge in [0.15, 0.2) is 5.16 Å². The van der Waals surface area contributed by atoms with Crippen molar-refractivity contribution >= 4 is 11.8 Å². The van der Waals surface area contributed by atoms with Gasteiger partial charge in [0.2, 0.25) is 0 Å². The van der Waals surface area contributed by atoms with Gasteiger partial charge in [-0.05, 0) is 30.2 Å². The van der Waals surface area contributed by atoms with E-state index >= 15 is 0 Å². The van der Waals surface area contributed by atoms with Crippen LogP contribution < -0.4 is 0 Å². The SMILES string of the molecule is CC(C)c1c(-c2ccc(F)cc2)nc2n1CCS2. The Morgan fingerprint density at radius 2 is 2.00 bits per heavy atom. The summed E-state index contributed by atoms with van der Waals surface area (Å²) < 4.78 is 15.3. The third-order valence-electron chi connectivity index (χ3n) is 3.18. The Labute approximate surface area is 110 Å². The summed E-state index contributed by atoms with van der Waals surface area (Å²) in [6.07, 6.45) is 0. The van der Waals surface area contributed by atoms with E-state index in [1.165, 1.54) is 17.8 Å². The molecule has 0 N–H and O–H groups in total. The van der Waals surface area contributed by atoms with Gasteiger partial charge in [0.05, 0.1) is 5.69 Å². The van der Waals surface area contributed by atoms with Gasteiger partial charge in [-0.2, -0.15) is 0 Å². The minimum Gasteiger partial charge on any atom is -0.321 e. The van der Waals surface area contributed by atoms with Crippen molar-refractivity contribution in [3.8, 4) is 11.3 Å². The monoisotopic (exact) mass is 262 g/mol. The first-order valence-corrected chi connectivity index (χ1v) is 7.14. The average Bonchev–Trinajstić information content (AvgIpc) is 2.88. The number of imidazole rings is 1. The van der Waals surface area contributed by atoms with Crippen LogP contribution >= 0.6 is 11.8 Å². The van der Waals surface area contributed by atoms with Crippen LogP contribution in [0.1, 0.15) is 25.5 Å². The topological polar surface area (TPSA) is 17.8 Å². The fraction of sp³-hybridized carbons (Fsp3) is 0.357. The van der Waals surface area contributed by atoms with Gasteiger partial charge in [-0.1, -0.05) is 25.6 Å². The second kappa shape index (κ2) is 4.43. The maximum atomic E-state index is 13.0. The average molecular weight is 262 g/mol. The molecule has 1 aliphatic rings. The van der Waals surface area contributed by atoms with Crippen molar-refractivity contribution in [3.63, 3.8) is 0 Å². The van der Waals surface area contributed by atoms with Crippen LogP contribution in [0.3, 0.4) is 0 Å². The zero-order valence-corrected chi connectivity index (χ0v) is 11.3. The zero-order chi connectivity index (χ0) is 12.7. The van der Waals surface area contributed by atoms with E-state index in [0.29, 0.717) is 5.92 Å². The normalized spacial score (nSPS) is 14.2. The van der Waals surface area contributed by atoms with Gasteiger partial charge in [0, 0.05) is 23.6 Å². The molecule has 2 nitrogen and oxygen atoms in total. The van der Waals surface area contributed by atoms with Crippen LogP contribution in [0.25, 0.3) is 11.3 Å². The smallest absolute Gasteiger partial charge is 0.168 e. The molecule has 0 fully saturated rings. The van der Waals surface area contributed by atoms with Crippen molar-refractivity contribution < 1.29 is 4.39 Å². The summed E-state index contributed by atoms with van der Waals surface area (Å²) in [6.45, 7) is 5.39. The Kier molecular flexibility index (Phi) is 2.90. The van der Waals surface area contributed by atoms with Gasteiger partial charge in [0.25, 0.3) is 0 Å². The fourth-order valence-electron chi connectivity index (χ4n) is 2.40. The molecular weight excluding hydrogens is 247 g/mol. The molecule has 0 radical (unpaired) electrons. The summed E-state index contributed by atoms with van der Waals surface area (Å²) in [6, 6.07) is 6.61. The quantitative estimate of drug-likeness (QED) is 0.816. The van der Waals surface area contributed by atoms with Gasteiger partial charge in [-0.3, -0.25) is 0 Å². The number of rotatable bonds is 2. The molecule has 2 aromatic rings. The summed E-state index contributed by atoms with van der Waals surface area (Å²) in [5.41, 5.74) is 3.27. The molecule has 18 heavy (non-hydrogen) atoms. The molecule has 2 heterocycles. The molecule has 0 unspecified atom stereocenters. The lowest BCUT2D eigenvalue weighted by molar-refractivity contribution is 0.628. The van der Waals surface area contributed by atoms with E-state index < -0.39 is 0 Å². The summed E-state index contributed by atoms with van der Waals surface area (Å²) >= 11 is 1.80. The van der Waals surface area contributed by atoms with Crippen molar-refractivity contribution in [3.05, 3.63) is 35.8 Å². The van der Waals surface area contributed by atoms with E-state index in [-0.39, 0.29) is 5.82 Å². The van der Waals surface area contributed by atoms with Crippen LogP contribution in [0.15, 0.2) is 29.4 Å². The van der Waals surface area contributed by atoms with Crippen molar-refractivity contribution in [2.75, 3.05) is 5.75 Å². The number of hydrogen-bond donors (Lipinski definition) is 0. The molecule has 4 heteroatoms. The minimum absolute atomic E-state index is 0.203. The highest BCUT2D eigenvalue weighted by Gasteiger charge is 2.24. The highest BCUT2D eigenvalue weighted by molar-refractivity contribution is 7.99. The van der Waals surface area contributed by atoms with Gasteiger partial charge in [0.1, 0.15) is 5.82 Å². The van der Waals surface area contributed by atoms with E-state index in [1.807, 2.05) is 12.1 Å². The number of nitrogens with zero attached hydrogens (tertiary/aromatic N) is 2. The van der Waals surface area contributed by atoms with Gasteiger partial charge in [-0.15, -0.1) is 0 Å². The lowest BCUT2D eigenvalue weighted by Crippen LogP contribution is -2.03. The standard InChI is InChI=1S/C14H15FN2S/c1-9(2)13-12(10-3-5-11(15)6-4-10)16-14-17(13)7-8-18-14/h3-6,9H,7-8H2,1-2H3. The molecule has 94 valence electrons. The molecular formula is C14H15FN2S. The number of hydrogen-bond acceptors (Lipinski definition) is 2. The van der Waals surface area contributed by atoms with Crippen LogP contribution in [0, 0.1) is 5.82 Å². The van der Waals surface area contributed by atoms with E-state index in [4.69, 9.17) is 4.98 Å². The van der Waals surface area contributed by atoms with Gasteiger partial charge in [-0.25, -0.2) is 9.37 Å². The van der Waals surface area contributed by atoms with Crippen LogP contribution in [0.4, 0.5) is 4.39 Å². The number of aromatic nitrogens is 2. The number of thioether (sulfide) groups is 1. The maximum absolute atomic E-state index is 13.0. The Bertz CT molecular complexity index is 572. The van der Waals surface area contributed by atoms with E-state index in [2.05, 4.69) is 18.4 Å². The van der Waals surface area contributed by atoms with Crippen LogP contribution in [-0.4, -0.2) is 15.3 Å². The third kappa shape index (κ3) is 1.85. The molecule has 1 aliphatic heterocycles. The molecule has 0 spiro atoms. The van der Waals surface area contributed by atoms with Gasteiger partial charge >= 0.3 is 0 Å². The predicted octanol–water partition coefficient (Wildman–Crippen LogP) is 3.92. The summed E-state index contributed by atoms with van der Waals surface area (Å²) in [7, 11) is 0. The molecule has 1 aromatic heterocycles. The Balaban J connectivity index is 2.14. The molecule has 0 saturated carbocycles.